The zero-order valence-corrected chi connectivity index (χ0v) is 21.0. The van der Waals surface area contributed by atoms with Crippen LogP contribution in [0.15, 0.2) is 35.3 Å². The van der Waals surface area contributed by atoms with Crippen molar-refractivity contribution in [3.8, 4) is 16.3 Å². The molecule has 0 fully saturated rings. The Hall–Kier alpha value is -3.11. The molecule has 4 rings (SSSR count). The maximum atomic E-state index is 13.2. The Kier molecular flexibility index (Phi) is 7.32. The van der Waals surface area contributed by atoms with Crippen molar-refractivity contribution in [2.45, 2.75) is 58.7 Å². The highest BCUT2D eigenvalue weighted by Crippen LogP contribution is 2.34. The van der Waals surface area contributed by atoms with Gasteiger partial charge in [0.1, 0.15) is 10.8 Å². The van der Waals surface area contributed by atoms with E-state index in [1.54, 1.807) is 27.8 Å². The molecular weight excluding hydrogens is 471 g/mol. The Bertz CT molecular complexity index is 1270. The van der Waals surface area contributed by atoms with E-state index in [1.165, 1.54) is 23.5 Å². The molecule has 0 saturated heterocycles. The number of ether oxygens (including phenoxy) is 1. The molecule has 8 nitrogen and oxygen atoms in total. The Labute approximate surface area is 207 Å². The highest BCUT2D eigenvalue weighted by Gasteiger charge is 2.39. The molecule has 10 heteroatoms. The summed E-state index contributed by atoms with van der Waals surface area (Å²) in [5.74, 6) is -1.30. The number of hydrogen-bond donors (Lipinski definition) is 1. The molecule has 0 aliphatic carbocycles. The van der Waals surface area contributed by atoms with Gasteiger partial charge in [0, 0.05) is 31.8 Å². The van der Waals surface area contributed by atoms with Crippen LogP contribution < -0.4 is 5.43 Å². The van der Waals surface area contributed by atoms with Crippen LogP contribution in [0.4, 0.5) is 4.39 Å². The number of halogens is 1. The molecule has 0 spiro atoms. The summed E-state index contributed by atoms with van der Waals surface area (Å²) < 4.78 is 20.9. The van der Waals surface area contributed by atoms with Crippen LogP contribution >= 0.6 is 11.3 Å². The lowest BCUT2D eigenvalue weighted by molar-refractivity contribution is -0.00139. The third-order valence-corrected chi connectivity index (χ3v) is 7.17. The van der Waals surface area contributed by atoms with Gasteiger partial charge in [-0.05, 0) is 44.9 Å². The third kappa shape index (κ3) is 4.85. The average Bonchev–Trinajstić information content (AvgIpc) is 3.29. The number of carbonyl (C=O) groups excluding carboxylic acids is 1. The van der Waals surface area contributed by atoms with E-state index in [1.807, 2.05) is 27.7 Å². The third-order valence-electron chi connectivity index (χ3n) is 6.22. The van der Waals surface area contributed by atoms with Crippen LogP contribution in [-0.2, 0) is 11.2 Å². The molecule has 2 atom stereocenters. The first-order valence-electron chi connectivity index (χ1n) is 11.7. The van der Waals surface area contributed by atoms with Crippen molar-refractivity contribution in [1.82, 2.24) is 19.7 Å². The molecule has 1 aliphatic rings. The first-order chi connectivity index (χ1) is 16.7. The number of aromatic hydroxyl groups is 1. The minimum Gasteiger partial charge on any atom is -0.503 e. The van der Waals surface area contributed by atoms with Gasteiger partial charge in [0.05, 0.1) is 17.7 Å². The maximum absolute atomic E-state index is 13.2. The highest BCUT2D eigenvalue weighted by atomic mass is 32.1. The fourth-order valence-corrected chi connectivity index (χ4v) is 5.30. The molecule has 1 amide bonds. The minimum atomic E-state index is -0.664. The van der Waals surface area contributed by atoms with E-state index in [0.29, 0.717) is 36.0 Å². The molecule has 186 valence electrons. The highest BCUT2D eigenvalue weighted by molar-refractivity contribution is 7.14. The molecule has 3 aromatic rings. The first kappa shape index (κ1) is 25.0. The molecule has 0 bridgehead atoms. The van der Waals surface area contributed by atoms with Crippen molar-refractivity contribution < 1.29 is 19.0 Å². The number of carbonyl (C=O) groups is 1. The standard InChI is InChI=1S/C25H29FN4O4S/c1-5-19(34-6-2)18-13-29(14(3)4)25(33)21-23(32)22(31)17(12-30(18)21)24-28-27-20(35-24)11-15-7-9-16(26)10-8-15/h7-10,12,14,18-19,32H,5-6,11,13H2,1-4H3/t18-,19-/m1/s1. The van der Waals surface area contributed by atoms with Crippen LogP contribution in [-0.4, -0.2) is 56.0 Å². The van der Waals surface area contributed by atoms with Crippen molar-refractivity contribution in [1.29, 1.82) is 0 Å². The summed E-state index contributed by atoms with van der Waals surface area (Å²) in [5.41, 5.74) is 0.345. The fraction of sp³-hybridized carbons (Fsp3) is 0.440. The first-order valence-corrected chi connectivity index (χ1v) is 12.5. The summed E-state index contributed by atoms with van der Waals surface area (Å²) in [4.78, 5) is 28.1. The molecule has 2 aromatic heterocycles. The summed E-state index contributed by atoms with van der Waals surface area (Å²) >= 11 is 1.22. The Balaban J connectivity index is 1.78. The molecule has 1 N–H and O–H groups in total. The van der Waals surface area contributed by atoms with E-state index in [0.717, 1.165) is 5.56 Å². The summed E-state index contributed by atoms with van der Waals surface area (Å²) in [6.45, 7) is 8.62. The van der Waals surface area contributed by atoms with Gasteiger partial charge in [0.2, 0.25) is 5.43 Å². The van der Waals surface area contributed by atoms with Crippen LogP contribution in [0, 0.1) is 5.82 Å². The summed E-state index contributed by atoms with van der Waals surface area (Å²) in [6, 6.07) is 5.71. The number of aromatic nitrogens is 3. The lowest BCUT2D eigenvalue weighted by Gasteiger charge is -2.41. The van der Waals surface area contributed by atoms with Crippen LogP contribution in [0.25, 0.3) is 10.6 Å². The van der Waals surface area contributed by atoms with Crippen molar-refractivity contribution in [3.63, 3.8) is 0 Å². The Morgan fingerprint density at radius 2 is 1.91 bits per heavy atom. The number of hydrogen-bond acceptors (Lipinski definition) is 7. The average molecular weight is 501 g/mol. The zero-order valence-electron chi connectivity index (χ0n) is 20.2. The molecule has 3 heterocycles. The molecular formula is C25H29FN4O4S. The SMILES string of the molecule is CCO[C@H](CC)[C@H]1CN(C(C)C)C(=O)c2c(O)c(=O)c(-c3nnc(Cc4ccc(F)cc4)s3)cn21. The number of fused-ring (bicyclic) bond motifs is 1. The summed E-state index contributed by atoms with van der Waals surface area (Å²) in [7, 11) is 0. The normalized spacial score (nSPS) is 16.6. The van der Waals surface area contributed by atoms with Crippen LogP contribution in [0.3, 0.4) is 0 Å². The molecule has 35 heavy (non-hydrogen) atoms. The Morgan fingerprint density at radius 1 is 1.20 bits per heavy atom. The number of benzene rings is 1. The van der Waals surface area contributed by atoms with Gasteiger partial charge < -0.3 is 19.3 Å². The molecule has 0 unspecified atom stereocenters. The van der Waals surface area contributed by atoms with E-state index in [4.69, 9.17) is 4.74 Å². The van der Waals surface area contributed by atoms with Gasteiger partial charge >= 0.3 is 0 Å². The largest absolute Gasteiger partial charge is 0.503 e. The summed E-state index contributed by atoms with van der Waals surface area (Å²) in [6.07, 6.45) is 2.51. The van der Waals surface area contributed by atoms with Crippen molar-refractivity contribution in [2.75, 3.05) is 13.2 Å². The predicted molar refractivity (Wildman–Crippen MR) is 131 cm³/mol. The van der Waals surface area contributed by atoms with Gasteiger partial charge in [-0.3, -0.25) is 9.59 Å². The predicted octanol–water partition coefficient (Wildman–Crippen LogP) is 4.02. The van der Waals surface area contributed by atoms with E-state index in [2.05, 4.69) is 10.2 Å². The zero-order chi connectivity index (χ0) is 25.3. The summed E-state index contributed by atoms with van der Waals surface area (Å²) in [5, 5.41) is 20.3. The molecule has 0 saturated carbocycles. The lowest BCUT2D eigenvalue weighted by atomic mass is 10.0. The minimum absolute atomic E-state index is 0.0297. The van der Waals surface area contributed by atoms with Crippen LogP contribution in [0.2, 0.25) is 0 Å². The second-order valence-corrected chi connectivity index (χ2v) is 9.86. The molecule has 1 aliphatic heterocycles. The quantitative estimate of drug-likeness (QED) is 0.502. The van der Waals surface area contributed by atoms with Gasteiger partial charge in [-0.15, -0.1) is 10.2 Å². The topological polar surface area (TPSA) is 97.6 Å². The fourth-order valence-electron chi connectivity index (χ4n) is 4.42. The maximum Gasteiger partial charge on any atom is 0.274 e. The van der Waals surface area contributed by atoms with E-state index >= 15 is 0 Å². The van der Waals surface area contributed by atoms with E-state index in [9.17, 15) is 19.1 Å². The van der Waals surface area contributed by atoms with Gasteiger partial charge in [0.15, 0.2) is 16.5 Å². The lowest BCUT2D eigenvalue weighted by Crippen LogP contribution is -2.50. The number of pyridine rings is 1. The van der Waals surface area contributed by atoms with Gasteiger partial charge in [-0.25, -0.2) is 4.39 Å². The number of rotatable bonds is 8. The smallest absolute Gasteiger partial charge is 0.274 e. The van der Waals surface area contributed by atoms with Gasteiger partial charge in [-0.2, -0.15) is 0 Å². The van der Waals surface area contributed by atoms with Crippen LogP contribution in [0.1, 0.15) is 61.2 Å². The van der Waals surface area contributed by atoms with Crippen molar-refractivity contribution in [3.05, 3.63) is 62.8 Å². The molecule has 0 radical (unpaired) electrons. The second kappa shape index (κ2) is 10.2. The monoisotopic (exact) mass is 500 g/mol. The van der Waals surface area contributed by atoms with Crippen LogP contribution in [0.5, 0.6) is 5.75 Å². The van der Waals surface area contributed by atoms with Crippen molar-refractivity contribution >= 4 is 17.2 Å². The van der Waals surface area contributed by atoms with Crippen molar-refractivity contribution in [2.24, 2.45) is 0 Å². The Morgan fingerprint density at radius 3 is 2.54 bits per heavy atom. The van der Waals surface area contributed by atoms with Gasteiger partial charge in [-0.1, -0.05) is 30.4 Å². The van der Waals surface area contributed by atoms with E-state index < -0.39 is 17.1 Å². The van der Waals surface area contributed by atoms with E-state index in [-0.39, 0.29) is 35.3 Å². The van der Waals surface area contributed by atoms with Gasteiger partial charge in [0.25, 0.3) is 5.91 Å². The molecule has 1 aromatic carbocycles. The second-order valence-electron chi connectivity index (χ2n) is 8.80. The number of amides is 1. The number of nitrogens with zero attached hydrogens (tertiary/aromatic N) is 4.